The van der Waals surface area contributed by atoms with Crippen LogP contribution in [-0.4, -0.2) is 26.2 Å². The number of carbonyl (C=O) groups is 2. The van der Waals surface area contributed by atoms with E-state index in [1.165, 1.54) is 24.3 Å². The van der Waals surface area contributed by atoms with E-state index in [0.29, 0.717) is 5.56 Å². The fourth-order valence-corrected chi connectivity index (χ4v) is 3.22. The molecule has 2 aromatic rings. The topological polar surface area (TPSA) is 68.3 Å². The lowest BCUT2D eigenvalue weighted by atomic mass is 10.0. The van der Waals surface area contributed by atoms with Crippen LogP contribution in [0.3, 0.4) is 0 Å². The van der Waals surface area contributed by atoms with Crippen molar-refractivity contribution in [1.82, 2.24) is 0 Å². The molecule has 1 atom stereocenters. The molecule has 0 saturated carbocycles. The molecule has 0 aliphatic carbocycles. The van der Waals surface area contributed by atoms with Crippen molar-refractivity contribution in [1.29, 1.82) is 0 Å². The van der Waals surface area contributed by atoms with E-state index >= 15 is 0 Å². The van der Waals surface area contributed by atoms with Crippen LogP contribution in [0.1, 0.15) is 21.2 Å². The first-order valence-electron chi connectivity index (χ1n) is 6.28. The van der Waals surface area contributed by atoms with Crippen LogP contribution in [0.2, 0.25) is 0 Å². The van der Waals surface area contributed by atoms with Gasteiger partial charge in [-0.3, -0.25) is 9.59 Å². The van der Waals surface area contributed by atoms with Gasteiger partial charge in [0.15, 0.2) is 15.1 Å². The Morgan fingerprint density at radius 3 is 1.81 bits per heavy atom. The Labute approximate surface area is 123 Å². The minimum absolute atomic E-state index is 0.187. The second kappa shape index (κ2) is 6.01. The van der Waals surface area contributed by atoms with Crippen molar-refractivity contribution >= 4 is 21.4 Å². The summed E-state index contributed by atoms with van der Waals surface area (Å²) in [6.45, 7) is 0. The van der Waals surface area contributed by atoms with E-state index in [9.17, 15) is 18.0 Å². The first-order valence-corrected chi connectivity index (χ1v) is 8.24. The highest BCUT2D eigenvalue weighted by Gasteiger charge is 2.35. The number of hydrogen-bond donors (Lipinski definition) is 0. The molecule has 5 heteroatoms. The molecule has 0 spiro atoms. The second-order valence-electron chi connectivity index (χ2n) is 4.68. The smallest absolute Gasteiger partial charge is 0.230 e. The van der Waals surface area contributed by atoms with Crippen LogP contribution >= 0.6 is 0 Å². The van der Waals surface area contributed by atoms with Gasteiger partial charge < -0.3 is 0 Å². The van der Waals surface area contributed by atoms with Gasteiger partial charge in [0.2, 0.25) is 11.6 Å². The molecule has 0 heterocycles. The van der Waals surface area contributed by atoms with Crippen molar-refractivity contribution in [3.63, 3.8) is 0 Å². The number of carbonyl (C=O) groups excluding carboxylic acids is 2. The summed E-state index contributed by atoms with van der Waals surface area (Å²) < 4.78 is 23.9. The fourth-order valence-electron chi connectivity index (χ4n) is 2.07. The van der Waals surface area contributed by atoms with Crippen LogP contribution in [-0.2, 0) is 14.6 Å². The predicted octanol–water partition coefficient (Wildman–Crippen LogP) is 2.22. The number of benzene rings is 2. The number of sulfone groups is 1. The van der Waals surface area contributed by atoms with E-state index in [-0.39, 0.29) is 5.56 Å². The Balaban J connectivity index is 2.44. The van der Waals surface area contributed by atoms with E-state index < -0.39 is 26.7 Å². The Hall–Kier alpha value is -2.27. The third kappa shape index (κ3) is 3.44. The molecule has 108 valence electrons. The lowest BCUT2D eigenvalue weighted by Gasteiger charge is -2.13. The predicted molar refractivity (Wildman–Crippen MR) is 79.8 cm³/mol. The van der Waals surface area contributed by atoms with Gasteiger partial charge in [-0.2, -0.15) is 0 Å². The number of ketones is 2. The number of rotatable bonds is 5. The van der Waals surface area contributed by atoms with Gasteiger partial charge in [0.1, 0.15) is 0 Å². The largest absolute Gasteiger partial charge is 0.289 e. The normalized spacial score (nSPS) is 12.6. The average Bonchev–Trinajstić information content (AvgIpc) is 2.47. The molecular weight excluding hydrogens is 288 g/mol. The molecule has 0 aliphatic rings. The quantitative estimate of drug-likeness (QED) is 0.627. The Kier molecular flexibility index (Phi) is 4.33. The highest BCUT2D eigenvalue weighted by atomic mass is 32.2. The summed E-state index contributed by atoms with van der Waals surface area (Å²) in [4.78, 5) is 24.6. The van der Waals surface area contributed by atoms with Gasteiger partial charge in [-0.05, 0) is 5.56 Å². The van der Waals surface area contributed by atoms with Gasteiger partial charge in [-0.1, -0.05) is 60.7 Å². The summed E-state index contributed by atoms with van der Waals surface area (Å²) >= 11 is 0. The van der Waals surface area contributed by atoms with Gasteiger partial charge >= 0.3 is 0 Å². The highest BCUT2D eigenvalue weighted by molar-refractivity contribution is 7.91. The summed E-state index contributed by atoms with van der Waals surface area (Å²) in [5.74, 6) is -1.73. The molecule has 0 radical (unpaired) electrons. The maximum Gasteiger partial charge on any atom is 0.230 e. The first kappa shape index (κ1) is 15.1. The summed E-state index contributed by atoms with van der Waals surface area (Å²) in [5.41, 5.74) is 0.487. The summed E-state index contributed by atoms with van der Waals surface area (Å²) in [7, 11) is -3.74. The van der Waals surface area contributed by atoms with Crippen LogP contribution in [0.5, 0.6) is 0 Å². The monoisotopic (exact) mass is 302 g/mol. The Bertz CT molecular complexity index is 749. The summed E-state index contributed by atoms with van der Waals surface area (Å²) in [6.07, 6.45) is 0.959. The highest BCUT2D eigenvalue weighted by Crippen LogP contribution is 2.24. The van der Waals surface area contributed by atoms with Crippen molar-refractivity contribution < 1.29 is 18.0 Å². The molecule has 0 amide bonds. The van der Waals surface area contributed by atoms with E-state index in [0.717, 1.165) is 6.26 Å². The van der Waals surface area contributed by atoms with Crippen LogP contribution in [0, 0.1) is 0 Å². The first-order chi connectivity index (χ1) is 9.91. The van der Waals surface area contributed by atoms with Gasteiger partial charge in [-0.25, -0.2) is 8.42 Å². The average molecular weight is 302 g/mol. The second-order valence-corrected chi connectivity index (χ2v) is 6.81. The van der Waals surface area contributed by atoms with Crippen LogP contribution in [0.25, 0.3) is 0 Å². The zero-order valence-electron chi connectivity index (χ0n) is 11.4. The fraction of sp³-hybridized carbons (Fsp3) is 0.125. The van der Waals surface area contributed by atoms with Crippen molar-refractivity contribution in [2.45, 2.75) is 5.25 Å². The molecular formula is C16H14O4S. The third-order valence-electron chi connectivity index (χ3n) is 3.03. The molecule has 0 aromatic heterocycles. The zero-order chi connectivity index (χ0) is 15.5. The Morgan fingerprint density at radius 1 is 0.857 bits per heavy atom. The number of hydrogen-bond acceptors (Lipinski definition) is 4. The van der Waals surface area contributed by atoms with Crippen molar-refractivity contribution in [2.24, 2.45) is 0 Å². The van der Waals surface area contributed by atoms with E-state index in [4.69, 9.17) is 0 Å². The number of Topliss-reactive ketones (excluding diaryl/α,β-unsaturated/α-hetero) is 2. The molecule has 0 saturated heterocycles. The SMILES string of the molecule is CS(=O)(=O)C(C(=O)C(=O)c1ccccc1)c1ccccc1. The lowest BCUT2D eigenvalue weighted by Crippen LogP contribution is -2.28. The minimum atomic E-state index is -3.74. The molecule has 2 rings (SSSR count). The molecule has 1 unspecified atom stereocenters. The maximum atomic E-state index is 12.4. The molecule has 2 aromatic carbocycles. The van der Waals surface area contributed by atoms with Gasteiger partial charge in [0.05, 0.1) is 0 Å². The van der Waals surface area contributed by atoms with Gasteiger partial charge in [-0.15, -0.1) is 0 Å². The third-order valence-corrected chi connectivity index (χ3v) is 4.37. The van der Waals surface area contributed by atoms with Gasteiger partial charge in [0, 0.05) is 11.8 Å². The standard InChI is InChI=1S/C16H14O4S/c1-21(19,20)16(13-10-6-3-7-11-13)15(18)14(17)12-8-4-2-5-9-12/h2-11,16H,1H3. The van der Waals surface area contributed by atoms with Crippen molar-refractivity contribution in [3.8, 4) is 0 Å². The minimum Gasteiger partial charge on any atom is -0.289 e. The van der Waals surface area contributed by atoms with Crippen LogP contribution in [0.15, 0.2) is 60.7 Å². The van der Waals surface area contributed by atoms with Crippen molar-refractivity contribution in [3.05, 3.63) is 71.8 Å². The zero-order valence-corrected chi connectivity index (χ0v) is 12.2. The van der Waals surface area contributed by atoms with E-state index in [1.54, 1.807) is 36.4 Å². The van der Waals surface area contributed by atoms with Crippen LogP contribution < -0.4 is 0 Å². The molecule has 0 fully saturated rings. The molecule has 0 bridgehead atoms. The maximum absolute atomic E-state index is 12.4. The molecule has 4 nitrogen and oxygen atoms in total. The van der Waals surface area contributed by atoms with Crippen LogP contribution in [0.4, 0.5) is 0 Å². The van der Waals surface area contributed by atoms with E-state index in [1.807, 2.05) is 0 Å². The van der Waals surface area contributed by atoms with Gasteiger partial charge in [0.25, 0.3) is 0 Å². The molecule has 0 N–H and O–H groups in total. The summed E-state index contributed by atoms with van der Waals surface area (Å²) in [6, 6.07) is 16.0. The Morgan fingerprint density at radius 2 is 1.33 bits per heavy atom. The molecule has 0 aliphatic heterocycles. The lowest BCUT2D eigenvalue weighted by molar-refractivity contribution is -0.114. The van der Waals surface area contributed by atoms with E-state index in [2.05, 4.69) is 0 Å². The van der Waals surface area contributed by atoms with Crippen molar-refractivity contribution in [2.75, 3.05) is 6.26 Å². The summed E-state index contributed by atoms with van der Waals surface area (Å²) in [5, 5.41) is -1.47. The molecule has 21 heavy (non-hydrogen) atoms.